The summed E-state index contributed by atoms with van der Waals surface area (Å²) in [6.45, 7) is 4.11. The molecule has 1 aliphatic rings. The van der Waals surface area contributed by atoms with E-state index in [1.54, 1.807) is 36.6 Å². The third-order valence-corrected chi connectivity index (χ3v) is 7.93. The van der Waals surface area contributed by atoms with Gasteiger partial charge in [-0.1, -0.05) is 81.3 Å². The highest BCUT2D eigenvalue weighted by Crippen LogP contribution is 2.31. The van der Waals surface area contributed by atoms with Gasteiger partial charge in [0.05, 0.1) is 28.5 Å². The van der Waals surface area contributed by atoms with Gasteiger partial charge in [-0.3, -0.25) is 9.36 Å². The number of thiazole rings is 1. The number of halogens is 2. The first-order valence-corrected chi connectivity index (χ1v) is 14.3. The van der Waals surface area contributed by atoms with E-state index in [4.69, 9.17) is 21.1 Å². The van der Waals surface area contributed by atoms with Crippen LogP contribution in [0.25, 0.3) is 6.08 Å². The van der Waals surface area contributed by atoms with Crippen molar-refractivity contribution in [2.24, 2.45) is 4.99 Å². The average Bonchev–Trinajstić information content (AvgIpc) is 3.22. The molecule has 0 aliphatic carbocycles. The second kappa shape index (κ2) is 11.7. The number of ether oxygens (including phenoxy) is 2. The average molecular weight is 624 g/mol. The molecule has 2 heterocycles. The minimum Gasteiger partial charge on any atom is -0.488 e. The molecule has 4 aromatic rings. The smallest absolute Gasteiger partial charge is 0.338 e. The molecule has 0 spiro atoms. The number of carbonyl (C=O) groups is 1. The van der Waals surface area contributed by atoms with E-state index in [9.17, 15) is 9.59 Å². The van der Waals surface area contributed by atoms with Crippen LogP contribution in [-0.4, -0.2) is 17.1 Å². The summed E-state index contributed by atoms with van der Waals surface area (Å²) in [5, 5.41) is 0.558. The van der Waals surface area contributed by atoms with Crippen LogP contribution < -0.4 is 19.6 Å². The van der Waals surface area contributed by atoms with Crippen LogP contribution in [0.1, 0.15) is 36.6 Å². The summed E-state index contributed by atoms with van der Waals surface area (Å²) < 4.78 is 14.4. The summed E-state index contributed by atoms with van der Waals surface area (Å²) in [5.74, 6) is 0.141. The molecule has 39 heavy (non-hydrogen) atoms. The number of rotatable bonds is 7. The number of nitrogens with zero attached hydrogens (tertiary/aromatic N) is 2. The van der Waals surface area contributed by atoms with Gasteiger partial charge < -0.3 is 9.47 Å². The van der Waals surface area contributed by atoms with Crippen LogP contribution in [0.5, 0.6) is 5.75 Å². The number of fused-ring (bicyclic) bond motifs is 1. The van der Waals surface area contributed by atoms with E-state index >= 15 is 0 Å². The normalized spacial score (nSPS) is 15.1. The fourth-order valence-corrected chi connectivity index (χ4v) is 5.93. The Balaban J connectivity index is 1.63. The van der Waals surface area contributed by atoms with Gasteiger partial charge in [-0.05, 0) is 61.4 Å². The lowest BCUT2D eigenvalue weighted by Crippen LogP contribution is -2.39. The maximum absolute atomic E-state index is 13.9. The molecule has 1 aliphatic heterocycles. The molecule has 0 N–H and O–H groups in total. The Morgan fingerprint density at radius 3 is 2.59 bits per heavy atom. The fourth-order valence-electron chi connectivity index (χ4n) is 4.39. The molecule has 0 saturated carbocycles. The zero-order valence-corrected chi connectivity index (χ0v) is 24.3. The monoisotopic (exact) mass is 622 g/mol. The Bertz CT molecular complexity index is 1740. The van der Waals surface area contributed by atoms with Crippen molar-refractivity contribution in [2.75, 3.05) is 6.61 Å². The van der Waals surface area contributed by atoms with Crippen molar-refractivity contribution in [1.82, 2.24) is 4.57 Å². The van der Waals surface area contributed by atoms with Crippen molar-refractivity contribution in [2.45, 2.75) is 26.5 Å². The lowest BCUT2D eigenvalue weighted by atomic mass is 9.96. The first-order chi connectivity index (χ1) is 18.9. The molecule has 1 atom stereocenters. The molecule has 6 nitrogen and oxygen atoms in total. The van der Waals surface area contributed by atoms with Crippen LogP contribution in [0, 0.1) is 0 Å². The number of carbonyl (C=O) groups excluding carboxylic acids is 1. The van der Waals surface area contributed by atoms with Gasteiger partial charge in [-0.2, -0.15) is 0 Å². The highest BCUT2D eigenvalue weighted by molar-refractivity contribution is 9.10. The van der Waals surface area contributed by atoms with Gasteiger partial charge in [0.25, 0.3) is 5.56 Å². The highest BCUT2D eigenvalue weighted by Gasteiger charge is 2.33. The Morgan fingerprint density at radius 2 is 1.87 bits per heavy atom. The number of esters is 1. The lowest BCUT2D eigenvalue weighted by Gasteiger charge is -2.24. The molecule has 198 valence electrons. The van der Waals surface area contributed by atoms with Crippen LogP contribution in [0.15, 0.2) is 98.3 Å². The SMILES string of the molecule is CCOC(=O)C1=C(C)N=c2s/c(=C\c3cc(Br)ccc3OCc3ccccc3)c(=O)n2[C@@H]1c1ccc(Cl)cc1. The van der Waals surface area contributed by atoms with Crippen LogP contribution in [0.4, 0.5) is 0 Å². The third-order valence-electron chi connectivity index (χ3n) is 6.20. The van der Waals surface area contributed by atoms with Gasteiger partial charge in [-0.25, -0.2) is 9.79 Å². The van der Waals surface area contributed by atoms with E-state index in [2.05, 4.69) is 20.9 Å². The zero-order valence-electron chi connectivity index (χ0n) is 21.2. The van der Waals surface area contributed by atoms with Crippen molar-refractivity contribution in [1.29, 1.82) is 0 Å². The Morgan fingerprint density at radius 1 is 1.13 bits per heavy atom. The zero-order chi connectivity index (χ0) is 27.5. The van der Waals surface area contributed by atoms with Gasteiger partial charge in [0.15, 0.2) is 4.80 Å². The van der Waals surface area contributed by atoms with Crippen molar-refractivity contribution < 1.29 is 14.3 Å². The number of allylic oxidation sites excluding steroid dienone is 1. The van der Waals surface area contributed by atoms with Crippen LogP contribution in [-0.2, 0) is 16.1 Å². The Hall–Kier alpha value is -3.46. The van der Waals surface area contributed by atoms with Gasteiger partial charge >= 0.3 is 5.97 Å². The van der Waals surface area contributed by atoms with Crippen LogP contribution >= 0.6 is 38.9 Å². The number of hydrogen-bond acceptors (Lipinski definition) is 6. The summed E-state index contributed by atoms with van der Waals surface area (Å²) in [6, 6.07) is 22.0. The molecule has 3 aromatic carbocycles. The summed E-state index contributed by atoms with van der Waals surface area (Å²) in [7, 11) is 0. The third kappa shape index (κ3) is 5.78. The summed E-state index contributed by atoms with van der Waals surface area (Å²) >= 11 is 10.9. The van der Waals surface area contributed by atoms with Crippen molar-refractivity contribution in [3.63, 3.8) is 0 Å². The molecule has 0 radical (unpaired) electrons. The van der Waals surface area contributed by atoms with E-state index in [0.29, 0.717) is 38.0 Å². The fraction of sp³-hybridized carbons (Fsp3) is 0.167. The van der Waals surface area contributed by atoms with Crippen LogP contribution in [0.2, 0.25) is 5.02 Å². The predicted molar refractivity (Wildman–Crippen MR) is 157 cm³/mol. The number of hydrogen-bond donors (Lipinski definition) is 0. The minimum atomic E-state index is -0.698. The summed E-state index contributed by atoms with van der Waals surface area (Å²) in [5.41, 5.74) is 3.09. The molecule has 0 bridgehead atoms. The van der Waals surface area contributed by atoms with Crippen LogP contribution in [0.3, 0.4) is 0 Å². The second-order valence-corrected chi connectivity index (χ2v) is 11.2. The van der Waals surface area contributed by atoms with Gasteiger partial charge in [0.1, 0.15) is 12.4 Å². The molecule has 0 amide bonds. The van der Waals surface area contributed by atoms with Crippen molar-refractivity contribution >= 4 is 50.9 Å². The standard InChI is InChI=1S/C30H24BrClN2O4S/c1-3-37-29(36)26-18(2)33-30-34(27(26)20-9-12-23(32)13-10-20)28(35)25(39-30)16-21-15-22(31)11-14-24(21)38-17-19-7-5-4-6-8-19/h4-16,27H,3,17H2,1-2H3/b25-16-/t27-/m1/s1. The maximum Gasteiger partial charge on any atom is 0.338 e. The number of aromatic nitrogens is 1. The lowest BCUT2D eigenvalue weighted by molar-refractivity contribution is -0.139. The molecule has 0 fully saturated rings. The Labute approximate surface area is 242 Å². The highest BCUT2D eigenvalue weighted by atomic mass is 79.9. The number of benzene rings is 3. The van der Waals surface area contributed by atoms with E-state index < -0.39 is 12.0 Å². The predicted octanol–water partition coefficient (Wildman–Crippen LogP) is 5.79. The van der Waals surface area contributed by atoms with E-state index in [1.807, 2.05) is 60.7 Å². The van der Waals surface area contributed by atoms with E-state index in [1.165, 1.54) is 11.3 Å². The molecule has 1 aromatic heterocycles. The van der Waals surface area contributed by atoms with Crippen molar-refractivity contribution in [3.8, 4) is 5.75 Å². The quantitative estimate of drug-likeness (QED) is 0.244. The molecule has 5 rings (SSSR count). The maximum atomic E-state index is 13.9. The van der Waals surface area contributed by atoms with Gasteiger partial charge in [-0.15, -0.1) is 0 Å². The topological polar surface area (TPSA) is 69.9 Å². The van der Waals surface area contributed by atoms with Crippen molar-refractivity contribution in [3.05, 3.63) is 130 Å². The Kier molecular flexibility index (Phi) is 8.16. The molecular weight excluding hydrogens is 600 g/mol. The summed E-state index contributed by atoms with van der Waals surface area (Å²) in [6.07, 6.45) is 1.80. The largest absolute Gasteiger partial charge is 0.488 e. The molecular formula is C30H24BrClN2O4S. The molecule has 0 saturated heterocycles. The first kappa shape index (κ1) is 27.1. The molecule has 0 unspecified atom stereocenters. The summed E-state index contributed by atoms with van der Waals surface area (Å²) in [4.78, 5) is 32.1. The van der Waals surface area contributed by atoms with E-state index in [-0.39, 0.29) is 12.2 Å². The second-order valence-electron chi connectivity index (χ2n) is 8.81. The van der Waals surface area contributed by atoms with Gasteiger partial charge in [0, 0.05) is 15.1 Å². The van der Waals surface area contributed by atoms with Gasteiger partial charge in [0.2, 0.25) is 0 Å². The first-order valence-electron chi connectivity index (χ1n) is 12.3. The molecule has 9 heteroatoms. The minimum absolute atomic E-state index is 0.210. The van der Waals surface area contributed by atoms with E-state index in [0.717, 1.165) is 21.2 Å².